The smallest absolute Gasteiger partial charge is 0.416 e. The van der Waals surface area contributed by atoms with Gasteiger partial charge in [-0.2, -0.15) is 13.2 Å². The summed E-state index contributed by atoms with van der Waals surface area (Å²) in [5.74, 6) is 0.119. The van der Waals surface area contributed by atoms with Gasteiger partial charge in [0.15, 0.2) is 0 Å². The summed E-state index contributed by atoms with van der Waals surface area (Å²) in [6.07, 6.45) is -5.39. The van der Waals surface area contributed by atoms with E-state index in [-0.39, 0.29) is 17.9 Å². The second-order valence-corrected chi connectivity index (χ2v) is 3.40. The fraction of sp³-hybridized carbons (Fsp3) is 0.455. The zero-order valence-corrected chi connectivity index (χ0v) is 9.01. The Labute approximate surface area is 91.7 Å². The molecule has 0 amide bonds. The second kappa shape index (κ2) is 4.74. The highest BCUT2D eigenvalue weighted by molar-refractivity contribution is 5.36. The minimum Gasteiger partial charge on any atom is -0.494 e. The van der Waals surface area contributed by atoms with Crippen molar-refractivity contribution in [1.29, 1.82) is 0 Å². The lowest BCUT2D eigenvalue weighted by Gasteiger charge is -2.13. The highest BCUT2D eigenvalue weighted by Gasteiger charge is 2.31. The highest BCUT2D eigenvalue weighted by Crippen LogP contribution is 2.34. The zero-order chi connectivity index (χ0) is 12.3. The number of hydrogen-bond donors (Lipinski definition) is 1. The summed E-state index contributed by atoms with van der Waals surface area (Å²) in [5, 5.41) is 9.28. The minimum atomic E-state index is -4.43. The van der Waals surface area contributed by atoms with E-state index in [1.165, 1.54) is 13.0 Å². The number of hydrogen-bond acceptors (Lipinski definition) is 2. The minimum absolute atomic E-state index is 0.119. The molecule has 16 heavy (non-hydrogen) atoms. The predicted octanol–water partition coefficient (Wildman–Crippen LogP) is 3.16. The molecule has 1 N–H and O–H groups in total. The van der Waals surface area contributed by atoms with E-state index in [2.05, 4.69) is 0 Å². The van der Waals surface area contributed by atoms with E-state index in [0.717, 1.165) is 12.1 Å². The van der Waals surface area contributed by atoms with Gasteiger partial charge in [0.25, 0.3) is 0 Å². The van der Waals surface area contributed by atoms with Crippen molar-refractivity contribution >= 4 is 0 Å². The molecule has 0 aliphatic rings. The first-order chi connectivity index (χ1) is 7.34. The molecule has 1 atom stereocenters. The summed E-state index contributed by atoms with van der Waals surface area (Å²) in [5.41, 5.74) is -0.618. The lowest BCUT2D eigenvalue weighted by Crippen LogP contribution is -2.07. The summed E-state index contributed by atoms with van der Waals surface area (Å²) in [7, 11) is 0. The lowest BCUT2D eigenvalue weighted by atomic mass is 10.1. The number of rotatable bonds is 3. The third-order valence-corrected chi connectivity index (χ3v) is 2.05. The molecule has 0 saturated heterocycles. The van der Waals surface area contributed by atoms with Crippen molar-refractivity contribution in [2.75, 3.05) is 6.61 Å². The van der Waals surface area contributed by atoms with Crippen molar-refractivity contribution in [3.63, 3.8) is 0 Å². The third kappa shape index (κ3) is 3.13. The normalized spacial score (nSPS) is 13.6. The number of aliphatic hydroxyl groups excluding tert-OH is 1. The Morgan fingerprint density at radius 1 is 1.31 bits per heavy atom. The third-order valence-electron chi connectivity index (χ3n) is 2.05. The molecule has 0 fully saturated rings. The van der Waals surface area contributed by atoms with Crippen molar-refractivity contribution in [2.24, 2.45) is 0 Å². The fourth-order valence-electron chi connectivity index (χ4n) is 1.28. The second-order valence-electron chi connectivity index (χ2n) is 3.40. The SMILES string of the molecule is CCOc1cc(C(C)O)cc(C(F)(F)F)c1. The van der Waals surface area contributed by atoms with Crippen LogP contribution in [0.3, 0.4) is 0 Å². The van der Waals surface area contributed by atoms with Crippen LogP contribution in [0.5, 0.6) is 5.75 Å². The van der Waals surface area contributed by atoms with Crippen molar-refractivity contribution in [1.82, 2.24) is 0 Å². The van der Waals surface area contributed by atoms with Crippen molar-refractivity contribution in [3.8, 4) is 5.75 Å². The van der Waals surface area contributed by atoms with Crippen molar-refractivity contribution < 1.29 is 23.0 Å². The summed E-state index contributed by atoms with van der Waals surface area (Å²) in [6.45, 7) is 3.37. The van der Waals surface area contributed by atoms with E-state index in [9.17, 15) is 18.3 Å². The molecule has 1 aromatic rings. The number of benzene rings is 1. The van der Waals surface area contributed by atoms with Crippen LogP contribution in [0.2, 0.25) is 0 Å². The molecule has 1 aromatic carbocycles. The van der Waals surface area contributed by atoms with Crippen LogP contribution in [0.4, 0.5) is 13.2 Å². The van der Waals surface area contributed by atoms with E-state index in [1.807, 2.05) is 0 Å². The van der Waals surface area contributed by atoms with Crippen molar-refractivity contribution in [3.05, 3.63) is 29.3 Å². The van der Waals surface area contributed by atoms with Crippen LogP contribution in [0.15, 0.2) is 18.2 Å². The molecule has 0 aliphatic heterocycles. The quantitative estimate of drug-likeness (QED) is 0.870. The van der Waals surface area contributed by atoms with Gasteiger partial charge in [0, 0.05) is 0 Å². The summed E-state index contributed by atoms with van der Waals surface area (Å²) in [6, 6.07) is 3.26. The first kappa shape index (κ1) is 12.8. The largest absolute Gasteiger partial charge is 0.494 e. The van der Waals surface area contributed by atoms with Gasteiger partial charge >= 0.3 is 6.18 Å². The first-order valence-electron chi connectivity index (χ1n) is 4.87. The number of ether oxygens (including phenoxy) is 1. The maximum Gasteiger partial charge on any atom is 0.416 e. The van der Waals surface area contributed by atoms with Crippen LogP contribution in [0.25, 0.3) is 0 Å². The fourth-order valence-corrected chi connectivity index (χ4v) is 1.28. The van der Waals surface area contributed by atoms with Crippen LogP contribution in [0, 0.1) is 0 Å². The van der Waals surface area contributed by atoms with Crippen LogP contribution in [-0.4, -0.2) is 11.7 Å². The zero-order valence-electron chi connectivity index (χ0n) is 9.01. The van der Waals surface area contributed by atoms with Gasteiger partial charge in [-0.25, -0.2) is 0 Å². The molecule has 0 spiro atoms. The number of aliphatic hydroxyl groups is 1. The molecule has 0 aliphatic carbocycles. The van der Waals surface area contributed by atoms with Gasteiger partial charge in [-0.1, -0.05) is 0 Å². The van der Waals surface area contributed by atoms with Gasteiger partial charge < -0.3 is 9.84 Å². The molecule has 0 aromatic heterocycles. The molecule has 90 valence electrons. The van der Waals surface area contributed by atoms with Gasteiger partial charge in [-0.15, -0.1) is 0 Å². The topological polar surface area (TPSA) is 29.5 Å². The van der Waals surface area contributed by atoms with Crippen molar-refractivity contribution in [2.45, 2.75) is 26.1 Å². The molecule has 1 rings (SSSR count). The van der Waals surface area contributed by atoms with Crippen LogP contribution in [0.1, 0.15) is 31.1 Å². The van der Waals surface area contributed by atoms with Gasteiger partial charge in [-0.05, 0) is 37.6 Å². The Hall–Kier alpha value is -1.23. The summed E-state index contributed by atoms with van der Waals surface area (Å²) in [4.78, 5) is 0. The van der Waals surface area contributed by atoms with Gasteiger partial charge in [0.2, 0.25) is 0 Å². The van der Waals surface area contributed by atoms with E-state index in [0.29, 0.717) is 0 Å². The average molecular weight is 234 g/mol. The summed E-state index contributed by atoms with van der Waals surface area (Å²) < 4.78 is 42.6. The summed E-state index contributed by atoms with van der Waals surface area (Å²) >= 11 is 0. The molecule has 0 radical (unpaired) electrons. The van der Waals surface area contributed by atoms with E-state index in [4.69, 9.17) is 4.74 Å². The number of halogens is 3. The molecule has 1 unspecified atom stereocenters. The van der Waals surface area contributed by atoms with E-state index < -0.39 is 17.8 Å². The Bertz CT molecular complexity index is 359. The Morgan fingerprint density at radius 2 is 1.94 bits per heavy atom. The van der Waals surface area contributed by atoms with E-state index in [1.54, 1.807) is 6.92 Å². The standard InChI is InChI=1S/C11H13F3O2/c1-3-16-10-5-8(7(2)15)4-9(6-10)11(12,13)14/h4-7,15H,3H2,1-2H3. The maximum atomic E-state index is 12.5. The Kier molecular flexibility index (Phi) is 3.80. The molecule has 2 nitrogen and oxygen atoms in total. The number of alkyl halides is 3. The van der Waals surface area contributed by atoms with Crippen LogP contribution >= 0.6 is 0 Å². The Morgan fingerprint density at radius 3 is 2.38 bits per heavy atom. The molecule has 5 heteroatoms. The Balaban J connectivity index is 3.19. The average Bonchev–Trinajstić information content (AvgIpc) is 2.16. The molecular formula is C11H13F3O2. The van der Waals surface area contributed by atoms with Gasteiger partial charge in [-0.3, -0.25) is 0 Å². The van der Waals surface area contributed by atoms with Gasteiger partial charge in [0.1, 0.15) is 5.75 Å². The molecule has 0 bridgehead atoms. The van der Waals surface area contributed by atoms with Crippen LogP contribution < -0.4 is 4.74 Å². The predicted molar refractivity (Wildman–Crippen MR) is 53.2 cm³/mol. The lowest BCUT2D eigenvalue weighted by molar-refractivity contribution is -0.137. The molecule has 0 heterocycles. The molecular weight excluding hydrogens is 221 g/mol. The monoisotopic (exact) mass is 234 g/mol. The van der Waals surface area contributed by atoms with Gasteiger partial charge in [0.05, 0.1) is 18.3 Å². The highest BCUT2D eigenvalue weighted by atomic mass is 19.4. The maximum absolute atomic E-state index is 12.5. The van der Waals surface area contributed by atoms with E-state index >= 15 is 0 Å². The molecule has 0 saturated carbocycles. The van der Waals surface area contributed by atoms with Crippen LogP contribution in [-0.2, 0) is 6.18 Å². The first-order valence-corrected chi connectivity index (χ1v) is 4.87.